The van der Waals surface area contributed by atoms with Gasteiger partial charge in [-0.1, -0.05) is 12.1 Å². The molecule has 6 nitrogen and oxygen atoms in total. The van der Waals surface area contributed by atoms with Crippen LogP contribution in [-0.4, -0.2) is 44.1 Å². The van der Waals surface area contributed by atoms with E-state index in [1.807, 2.05) is 0 Å². The van der Waals surface area contributed by atoms with E-state index in [0.29, 0.717) is 37.3 Å². The van der Waals surface area contributed by atoms with Gasteiger partial charge in [-0.25, -0.2) is 0 Å². The van der Waals surface area contributed by atoms with E-state index < -0.39 is 0 Å². The molecule has 1 unspecified atom stereocenters. The molecule has 1 atom stereocenters. The van der Waals surface area contributed by atoms with Crippen molar-refractivity contribution in [1.82, 2.24) is 10.6 Å². The van der Waals surface area contributed by atoms with Gasteiger partial charge in [0.2, 0.25) is 11.8 Å². The lowest BCUT2D eigenvalue weighted by atomic mass is 9.64. The van der Waals surface area contributed by atoms with Crippen LogP contribution in [0.15, 0.2) is 18.2 Å². The first-order valence-electron chi connectivity index (χ1n) is 11.2. The van der Waals surface area contributed by atoms with Gasteiger partial charge in [-0.05, 0) is 81.0 Å². The molecule has 2 saturated heterocycles. The lowest BCUT2D eigenvalue weighted by Gasteiger charge is -2.44. The predicted octanol–water partition coefficient (Wildman–Crippen LogP) is 2.72. The SMILES string of the molecule is O=C1CCC(N2CCOc3c(C4CCC5(CCNCC5)CC4)cccc32)C(=O)N1. The van der Waals surface area contributed by atoms with Gasteiger partial charge >= 0.3 is 0 Å². The van der Waals surface area contributed by atoms with E-state index in [1.165, 1.54) is 44.1 Å². The molecule has 6 heteroatoms. The average molecular weight is 398 g/mol. The maximum Gasteiger partial charge on any atom is 0.249 e. The fraction of sp³-hybridized carbons (Fsp3) is 0.652. The lowest BCUT2D eigenvalue weighted by molar-refractivity contribution is -0.134. The van der Waals surface area contributed by atoms with Crippen LogP contribution in [0.1, 0.15) is 62.8 Å². The number of hydrogen-bond acceptors (Lipinski definition) is 5. The van der Waals surface area contributed by atoms with Crippen molar-refractivity contribution in [3.63, 3.8) is 0 Å². The maximum atomic E-state index is 12.5. The Morgan fingerprint density at radius 3 is 2.59 bits per heavy atom. The normalized spacial score (nSPS) is 27.3. The summed E-state index contributed by atoms with van der Waals surface area (Å²) in [7, 11) is 0. The Balaban J connectivity index is 1.37. The van der Waals surface area contributed by atoms with Crippen LogP contribution >= 0.6 is 0 Å². The lowest BCUT2D eigenvalue weighted by Crippen LogP contribution is -2.54. The third-order valence-corrected chi connectivity index (χ3v) is 7.65. The molecule has 1 aromatic rings. The van der Waals surface area contributed by atoms with Gasteiger partial charge in [0.25, 0.3) is 0 Å². The van der Waals surface area contributed by atoms with Crippen LogP contribution in [-0.2, 0) is 9.59 Å². The molecule has 0 radical (unpaired) electrons. The number of nitrogens with zero attached hydrogens (tertiary/aromatic N) is 1. The second-order valence-corrected chi connectivity index (χ2v) is 9.23. The fourth-order valence-electron chi connectivity index (χ4n) is 5.92. The molecule has 156 valence electrons. The Bertz CT molecular complexity index is 793. The number of carbonyl (C=O) groups excluding carboxylic acids is 2. The maximum absolute atomic E-state index is 12.5. The molecule has 0 bridgehead atoms. The van der Waals surface area contributed by atoms with Gasteiger partial charge in [-0.2, -0.15) is 0 Å². The summed E-state index contributed by atoms with van der Waals surface area (Å²) in [5.74, 6) is 1.16. The van der Waals surface area contributed by atoms with Gasteiger partial charge in [-0.3, -0.25) is 14.9 Å². The number of ether oxygens (including phenoxy) is 1. The number of anilines is 1. The highest BCUT2D eigenvalue weighted by Crippen LogP contribution is 2.51. The van der Waals surface area contributed by atoms with Gasteiger partial charge in [0.15, 0.2) is 0 Å². The van der Waals surface area contributed by atoms with E-state index in [-0.39, 0.29) is 17.9 Å². The molecular formula is C23H31N3O3. The Labute approximate surface area is 172 Å². The number of imide groups is 1. The Morgan fingerprint density at radius 1 is 1.03 bits per heavy atom. The van der Waals surface area contributed by atoms with Crippen LogP contribution in [0.2, 0.25) is 0 Å². The summed E-state index contributed by atoms with van der Waals surface area (Å²) in [6.07, 6.45) is 8.66. The molecule has 5 rings (SSSR count). The van der Waals surface area contributed by atoms with Crippen LogP contribution in [0.3, 0.4) is 0 Å². The first-order valence-corrected chi connectivity index (χ1v) is 11.2. The Hall–Kier alpha value is -2.08. The summed E-state index contributed by atoms with van der Waals surface area (Å²) in [5, 5.41) is 6.01. The van der Waals surface area contributed by atoms with Crippen LogP contribution in [0.4, 0.5) is 5.69 Å². The molecule has 2 amide bonds. The van der Waals surface area contributed by atoms with E-state index in [4.69, 9.17) is 4.74 Å². The zero-order chi connectivity index (χ0) is 19.8. The first-order chi connectivity index (χ1) is 14.2. The van der Waals surface area contributed by atoms with Crippen molar-refractivity contribution in [2.75, 3.05) is 31.1 Å². The second-order valence-electron chi connectivity index (χ2n) is 9.23. The minimum absolute atomic E-state index is 0.164. The summed E-state index contributed by atoms with van der Waals surface area (Å²) in [4.78, 5) is 26.2. The van der Waals surface area contributed by atoms with Gasteiger partial charge in [-0.15, -0.1) is 0 Å². The molecule has 2 N–H and O–H groups in total. The fourth-order valence-corrected chi connectivity index (χ4v) is 5.92. The third-order valence-electron chi connectivity index (χ3n) is 7.65. The Morgan fingerprint density at radius 2 is 1.83 bits per heavy atom. The number of para-hydroxylation sites is 1. The molecule has 3 aliphatic heterocycles. The van der Waals surface area contributed by atoms with Crippen molar-refractivity contribution in [3.8, 4) is 5.75 Å². The molecule has 1 aliphatic carbocycles. The van der Waals surface area contributed by atoms with E-state index in [1.54, 1.807) is 0 Å². The highest BCUT2D eigenvalue weighted by atomic mass is 16.5. The molecule has 1 spiro atoms. The number of benzene rings is 1. The van der Waals surface area contributed by atoms with Gasteiger partial charge < -0.3 is 15.0 Å². The average Bonchev–Trinajstić information content (AvgIpc) is 2.74. The monoisotopic (exact) mass is 397 g/mol. The number of nitrogens with one attached hydrogen (secondary N) is 2. The summed E-state index contributed by atoms with van der Waals surface area (Å²) < 4.78 is 6.17. The minimum atomic E-state index is -0.282. The highest BCUT2D eigenvalue weighted by Gasteiger charge is 2.39. The topological polar surface area (TPSA) is 70.7 Å². The molecule has 1 saturated carbocycles. The zero-order valence-electron chi connectivity index (χ0n) is 17.0. The number of hydrogen-bond donors (Lipinski definition) is 2. The number of piperidine rings is 2. The van der Waals surface area contributed by atoms with Gasteiger partial charge in [0.05, 0.1) is 12.2 Å². The number of amides is 2. The number of carbonyl (C=O) groups is 2. The molecule has 4 aliphatic rings. The largest absolute Gasteiger partial charge is 0.489 e. The van der Waals surface area contributed by atoms with Crippen molar-refractivity contribution in [2.24, 2.45) is 5.41 Å². The van der Waals surface area contributed by atoms with E-state index in [9.17, 15) is 9.59 Å². The van der Waals surface area contributed by atoms with Gasteiger partial charge in [0.1, 0.15) is 18.4 Å². The first kappa shape index (κ1) is 18.9. The summed E-state index contributed by atoms with van der Waals surface area (Å²) in [6.45, 7) is 3.60. The van der Waals surface area contributed by atoms with E-state index in [2.05, 4.69) is 33.7 Å². The van der Waals surface area contributed by atoms with Crippen LogP contribution in [0.5, 0.6) is 5.75 Å². The molecular weight excluding hydrogens is 366 g/mol. The molecule has 1 aromatic carbocycles. The highest BCUT2D eigenvalue weighted by molar-refractivity contribution is 6.01. The standard InChI is InChI=1S/C23H31N3O3/c27-20-5-4-19(22(28)25-20)26-14-15-29-21-17(2-1-3-18(21)26)16-6-8-23(9-7-16)10-12-24-13-11-23/h1-3,16,19,24H,4-15H2,(H,25,27,28). The molecule has 0 aromatic heterocycles. The predicted molar refractivity (Wildman–Crippen MR) is 111 cm³/mol. The van der Waals surface area contributed by atoms with Crippen molar-refractivity contribution in [3.05, 3.63) is 23.8 Å². The van der Waals surface area contributed by atoms with Crippen LogP contribution in [0, 0.1) is 5.41 Å². The Kier molecular flexibility index (Phi) is 4.98. The van der Waals surface area contributed by atoms with E-state index >= 15 is 0 Å². The summed E-state index contributed by atoms with van der Waals surface area (Å²) in [5.41, 5.74) is 2.88. The van der Waals surface area contributed by atoms with Crippen molar-refractivity contribution < 1.29 is 14.3 Å². The van der Waals surface area contributed by atoms with Crippen molar-refractivity contribution in [1.29, 1.82) is 0 Å². The summed E-state index contributed by atoms with van der Waals surface area (Å²) in [6, 6.07) is 6.11. The zero-order valence-corrected chi connectivity index (χ0v) is 17.0. The number of fused-ring (bicyclic) bond motifs is 1. The van der Waals surface area contributed by atoms with E-state index in [0.717, 1.165) is 24.5 Å². The smallest absolute Gasteiger partial charge is 0.249 e. The second kappa shape index (κ2) is 7.63. The van der Waals surface area contributed by atoms with Gasteiger partial charge in [0, 0.05) is 6.42 Å². The van der Waals surface area contributed by atoms with Crippen LogP contribution in [0.25, 0.3) is 0 Å². The molecule has 3 fully saturated rings. The van der Waals surface area contributed by atoms with Crippen molar-refractivity contribution in [2.45, 2.75) is 63.3 Å². The number of rotatable bonds is 2. The minimum Gasteiger partial charge on any atom is -0.489 e. The molecule has 29 heavy (non-hydrogen) atoms. The van der Waals surface area contributed by atoms with Crippen molar-refractivity contribution >= 4 is 17.5 Å². The quantitative estimate of drug-likeness (QED) is 0.751. The summed E-state index contributed by atoms with van der Waals surface area (Å²) >= 11 is 0. The van der Waals surface area contributed by atoms with Crippen LogP contribution < -0.4 is 20.3 Å². The third kappa shape index (κ3) is 3.52. The molecule has 3 heterocycles.